The lowest BCUT2D eigenvalue weighted by atomic mass is 10.2. The van der Waals surface area contributed by atoms with Crippen LogP contribution < -0.4 is 9.47 Å². The molecule has 0 saturated carbocycles. The molecule has 1 heterocycles. The molecule has 1 aromatic carbocycles. The molecular weight excluding hydrogens is 282 g/mol. The summed E-state index contributed by atoms with van der Waals surface area (Å²) in [5.74, 6) is 0.373. The summed E-state index contributed by atoms with van der Waals surface area (Å²) < 4.78 is 11.2. The van der Waals surface area contributed by atoms with Gasteiger partial charge in [0.05, 0.1) is 24.8 Å². The Balaban J connectivity index is 2.18. The first-order valence-corrected chi connectivity index (χ1v) is 7.00. The van der Waals surface area contributed by atoms with E-state index < -0.39 is 5.97 Å². The van der Waals surface area contributed by atoms with Crippen molar-refractivity contribution in [1.29, 1.82) is 0 Å². The van der Waals surface area contributed by atoms with Gasteiger partial charge in [0.15, 0.2) is 11.5 Å². The lowest BCUT2D eigenvalue weighted by Crippen LogP contribution is -2.29. The van der Waals surface area contributed by atoms with Crippen LogP contribution in [0.2, 0.25) is 5.02 Å². The number of ether oxygens (including phenoxy) is 2. The smallest absolute Gasteiger partial charge is 0.317 e. The predicted molar refractivity (Wildman–Crippen MR) is 75.6 cm³/mol. The van der Waals surface area contributed by atoms with E-state index >= 15 is 0 Å². The zero-order valence-corrected chi connectivity index (χ0v) is 12.2. The normalized spacial score (nSPS) is 14.2. The Morgan fingerprint density at radius 3 is 2.85 bits per heavy atom. The fraction of sp³-hybridized carbons (Fsp3) is 0.500. The van der Waals surface area contributed by atoms with Gasteiger partial charge in [0.1, 0.15) is 0 Å². The highest BCUT2D eigenvalue weighted by Crippen LogP contribution is 2.38. The third-order valence-electron chi connectivity index (χ3n) is 3.07. The standard InChI is InChI=1S/C14H18ClNO4/c1-2-16(9-13(17)18)8-10-6-11(15)14-12(7-10)19-4-3-5-20-14/h6-7H,2-5,8-9H2,1H3,(H,17,18). The molecule has 0 amide bonds. The molecule has 2 rings (SSSR count). The van der Waals surface area contributed by atoms with E-state index in [1.807, 2.05) is 17.9 Å². The first kappa shape index (κ1) is 14.9. The maximum absolute atomic E-state index is 10.8. The Morgan fingerprint density at radius 2 is 2.15 bits per heavy atom. The van der Waals surface area contributed by atoms with Crippen LogP contribution in [0.1, 0.15) is 18.9 Å². The van der Waals surface area contributed by atoms with Crippen LogP contribution in [0.4, 0.5) is 0 Å². The second kappa shape index (κ2) is 6.81. The van der Waals surface area contributed by atoms with Gasteiger partial charge in [-0.05, 0) is 24.2 Å². The van der Waals surface area contributed by atoms with Gasteiger partial charge in [-0.15, -0.1) is 0 Å². The van der Waals surface area contributed by atoms with Crippen molar-refractivity contribution < 1.29 is 19.4 Å². The molecule has 20 heavy (non-hydrogen) atoms. The highest BCUT2D eigenvalue weighted by Gasteiger charge is 2.17. The van der Waals surface area contributed by atoms with Crippen molar-refractivity contribution in [2.24, 2.45) is 0 Å². The molecule has 0 atom stereocenters. The van der Waals surface area contributed by atoms with E-state index in [4.69, 9.17) is 26.2 Å². The van der Waals surface area contributed by atoms with E-state index in [0.29, 0.717) is 42.8 Å². The summed E-state index contributed by atoms with van der Waals surface area (Å²) >= 11 is 6.21. The fourth-order valence-corrected chi connectivity index (χ4v) is 2.39. The van der Waals surface area contributed by atoms with Gasteiger partial charge in [-0.3, -0.25) is 9.69 Å². The van der Waals surface area contributed by atoms with Crippen molar-refractivity contribution >= 4 is 17.6 Å². The minimum atomic E-state index is -0.840. The van der Waals surface area contributed by atoms with Crippen LogP contribution >= 0.6 is 11.6 Å². The maximum Gasteiger partial charge on any atom is 0.317 e. The van der Waals surface area contributed by atoms with E-state index in [9.17, 15) is 4.79 Å². The van der Waals surface area contributed by atoms with Crippen LogP contribution in [-0.4, -0.2) is 42.3 Å². The Hall–Kier alpha value is -1.46. The van der Waals surface area contributed by atoms with Crippen molar-refractivity contribution in [1.82, 2.24) is 4.90 Å². The highest BCUT2D eigenvalue weighted by molar-refractivity contribution is 6.32. The van der Waals surface area contributed by atoms with Crippen molar-refractivity contribution in [2.45, 2.75) is 19.9 Å². The number of aliphatic carboxylic acids is 1. The minimum absolute atomic E-state index is 0.00254. The van der Waals surface area contributed by atoms with Crippen LogP contribution in [0.25, 0.3) is 0 Å². The van der Waals surface area contributed by atoms with Gasteiger partial charge in [0, 0.05) is 13.0 Å². The minimum Gasteiger partial charge on any atom is -0.489 e. The predicted octanol–water partition coefficient (Wildman–Crippen LogP) is 2.41. The average Bonchev–Trinajstić information content (AvgIpc) is 2.63. The van der Waals surface area contributed by atoms with Gasteiger partial charge in [-0.2, -0.15) is 0 Å². The van der Waals surface area contributed by atoms with E-state index in [1.165, 1.54) is 0 Å². The van der Waals surface area contributed by atoms with Crippen molar-refractivity contribution in [2.75, 3.05) is 26.3 Å². The number of hydrogen-bond acceptors (Lipinski definition) is 4. The van der Waals surface area contributed by atoms with Crippen LogP contribution in [0.5, 0.6) is 11.5 Å². The molecule has 0 saturated heterocycles. The summed E-state index contributed by atoms with van der Waals surface area (Å²) in [6.45, 7) is 4.28. The fourth-order valence-electron chi connectivity index (χ4n) is 2.10. The number of halogens is 1. The summed E-state index contributed by atoms with van der Waals surface area (Å²) in [4.78, 5) is 12.6. The molecule has 1 N–H and O–H groups in total. The number of benzene rings is 1. The van der Waals surface area contributed by atoms with Crippen molar-refractivity contribution in [3.8, 4) is 11.5 Å². The Morgan fingerprint density at radius 1 is 1.40 bits per heavy atom. The van der Waals surface area contributed by atoms with Gasteiger partial charge in [0.2, 0.25) is 0 Å². The van der Waals surface area contributed by atoms with E-state index in [2.05, 4.69) is 0 Å². The SMILES string of the molecule is CCN(CC(=O)O)Cc1cc(Cl)c2c(c1)OCCCO2. The lowest BCUT2D eigenvalue weighted by Gasteiger charge is -2.19. The first-order valence-electron chi connectivity index (χ1n) is 6.62. The Labute approximate surface area is 123 Å². The number of fused-ring (bicyclic) bond motifs is 1. The molecule has 0 fully saturated rings. The number of rotatable bonds is 5. The molecule has 1 aromatic rings. The van der Waals surface area contributed by atoms with E-state index in [1.54, 1.807) is 6.07 Å². The summed E-state index contributed by atoms with van der Waals surface area (Å²) in [7, 11) is 0. The zero-order chi connectivity index (χ0) is 14.5. The van der Waals surface area contributed by atoms with Gasteiger partial charge < -0.3 is 14.6 Å². The first-order chi connectivity index (χ1) is 9.60. The molecule has 1 aliphatic rings. The van der Waals surface area contributed by atoms with Gasteiger partial charge in [0.25, 0.3) is 0 Å². The maximum atomic E-state index is 10.8. The van der Waals surface area contributed by atoms with Crippen LogP contribution in [-0.2, 0) is 11.3 Å². The van der Waals surface area contributed by atoms with Gasteiger partial charge in [-0.1, -0.05) is 18.5 Å². The Kier molecular flexibility index (Phi) is 5.09. The second-order valence-electron chi connectivity index (χ2n) is 4.65. The molecule has 5 nitrogen and oxygen atoms in total. The number of carboxylic acid groups (broad SMARTS) is 1. The molecule has 110 valence electrons. The topological polar surface area (TPSA) is 59.0 Å². The molecule has 0 aliphatic carbocycles. The molecule has 1 aliphatic heterocycles. The summed E-state index contributed by atoms with van der Waals surface area (Å²) in [6.07, 6.45) is 0.820. The molecule has 0 unspecified atom stereocenters. The second-order valence-corrected chi connectivity index (χ2v) is 5.06. The van der Waals surface area contributed by atoms with Gasteiger partial charge >= 0.3 is 5.97 Å². The monoisotopic (exact) mass is 299 g/mol. The van der Waals surface area contributed by atoms with E-state index in [-0.39, 0.29) is 6.54 Å². The third-order valence-corrected chi connectivity index (χ3v) is 3.35. The molecule has 0 aromatic heterocycles. The number of hydrogen-bond donors (Lipinski definition) is 1. The molecule has 6 heteroatoms. The molecule has 0 spiro atoms. The average molecular weight is 300 g/mol. The van der Waals surface area contributed by atoms with Crippen LogP contribution in [0, 0.1) is 0 Å². The lowest BCUT2D eigenvalue weighted by molar-refractivity contribution is -0.138. The zero-order valence-electron chi connectivity index (χ0n) is 11.4. The van der Waals surface area contributed by atoms with Crippen LogP contribution in [0.3, 0.4) is 0 Å². The summed E-state index contributed by atoms with van der Waals surface area (Å²) in [6, 6.07) is 3.68. The number of carboxylic acids is 1. The summed E-state index contributed by atoms with van der Waals surface area (Å²) in [5, 5.41) is 9.37. The van der Waals surface area contributed by atoms with Crippen molar-refractivity contribution in [3.05, 3.63) is 22.7 Å². The Bertz CT molecular complexity index is 492. The summed E-state index contributed by atoms with van der Waals surface area (Å²) in [5.41, 5.74) is 0.919. The number of carbonyl (C=O) groups is 1. The van der Waals surface area contributed by atoms with Crippen LogP contribution in [0.15, 0.2) is 12.1 Å². The van der Waals surface area contributed by atoms with E-state index in [0.717, 1.165) is 12.0 Å². The van der Waals surface area contributed by atoms with Gasteiger partial charge in [-0.25, -0.2) is 0 Å². The molecule has 0 radical (unpaired) electrons. The molecule has 0 bridgehead atoms. The number of nitrogens with zero attached hydrogens (tertiary/aromatic N) is 1. The van der Waals surface area contributed by atoms with Crippen molar-refractivity contribution in [3.63, 3.8) is 0 Å². The highest BCUT2D eigenvalue weighted by atomic mass is 35.5. The third kappa shape index (κ3) is 3.77. The molecular formula is C14H18ClNO4. The largest absolute Gasteiger partial charge is 0.489 e. The quantitative estimate of drug-likeness (QED) is 0.905. The number of likely N-dealkylation sites (N-methyl/N-ethyl adjacent to an activating group) is 1.